The van der Waals surface area contributed by atoms with Gasteiger partial charge < -0.3 is 29.7 Å². The van der Waals surface area contributed by atoms with Crippen LogP contribution in [0, 0.1) is 5.41 Å². The van der Waals surface area contributed by atoms with Crippen molar-refractivity contribution < 1.29 is 34.4 Å². The first-order valence-corrected chi connectivity index (χ1v) is 17.0. The second-order valence-electron chi connectivity index (χ2n) is 15.2. The summed E-state index contributed by atoms with van der Waals surface area (Å²) >= 11 is 0. The van der Waals surface area contributed by atoms with E-state index in [9.17, 15) is 24.9 Å². The van der Waals surface area contributed by atoms with Crippen molar-refractivity contribution in [3.05, 3.63) is 53.1 Å². The zero-order valence-electron chi connectivity index (χ0n) is 27.0. The third-order valence-electron chi connectivity index (χ3n) is 13.9. The smallest absolute Gasteiger partial charge is 0.308 e. The number of fused-ring (bicyclic) bond motifs is 4. The maximum Gasteiger partial charge on any atom is 0.308 e. The van der Waals surface area contributed by atoms with Crippen molar-refractivity contribution in [3.63, 3.8) is 0 Å². The van der Waals surface area contributed by atoms with Crippen LogP contribution in [0.25, 0.3) is 0 Å². The molecule has 47 heavy (non-hydrogen) atoms. The summed E-state index contributed by atoms with van der Waals surface area (Å²) in [5.41, 5.74) is -2.06. The van der Waals surface area contributed by atoms with Gasteiger partial charge in [0.25, 0.3) is 0 Å². The number of esters is 1. The molecule has 7 aliphatic heterocycles. The molecule has 246 valence electrons. The zero-order valence-corrected chi connectivity index (χ0v) is 27.0. The quantitative estimate of drug-likeness (QED) is 0.333. The molecular formula is C36H40N4O7. The summed E-state index contributed by atoms with van der Waals surface area (Å²) in [5.74, 6) is -0.322. The van der Waals surface area contributed by atoms with E-state index in [1.54, 1.807) is 19.2 Å². The molecule has 11 heteroatoms. The van der Waals surface area contributed by atoms with Gasteiger partial charge in [-0.25, -0.2) is 0 Å². The fourth-order valence-corrected chi connectivity index (χ4v) is 12.4. The lowest BCUT2D eigenvalue weighted by atomic mass is 9.52. The van der Waals surface area contributed by atoms with Crippen LogP contribution < -0.4 is 14.5 Å². The van der Waals surface area contributed by atoms with Gasteiger partial charge in [0.15, 0.2) is 22.9 Å². The number of likely N-dealkylation sites (tertiary alicyclic amines) is 1. The molecule has 8 aliphatic rings. The van der Waals surface area contributed by atoms with Crippen LogP contribution in [-0.4, -0.2) is 101 Å². The monoisotopic (exact) mass is 640 g/mol. The number of rotatable bonds is 2. The highest BCUT2D eigenvalue weighted by atomic mass is 16.6. The van der Waals surface area contributed by atoms with Crippen molar-refractivity contribution in [1.29, 1.82) is 0 Å². The maximum atomic E-state index is 13.8. The van der Waals surface area contributed by atoms with E-state index in [4.69, 9.17) is 9.47 Å². The Morgan fingerprint density at radius 3 is 2.64 bits per heavy atom. The Kier molecular flexibility index (Phi) is 5.06. The molecule has 1 unspecified atom stereocenters. The van der Waals surface area contributed by atoms with Gasteiger partial charge in [-0.2, -0.15) is 0 Å². The van der Waals surface area contributed by atoms with Gasteiger partial charge in [0.1, 0.15) is 5.75 Å². The molecule has 5 fully saturated rings. The first-order valence-electron chi connectivity index (χ1n) is 17.0. The van der Waals surface area contributed by atoms with Crippen LogP contribution in [-0.2, 0) is 25.2 Å². The number of carbonyl (C=O) groups is 2. The van der Waals surface area contributed by atoms with E-state index in [-0.39, 0.29) is 35.8 Å². The van der Waals surface area contributed by atoms with E-state index in [1.807, 2.05) is 26.2 Å². The lowest BCUT2D eigenvalue weighted by Crippen LogP contribution is -2.75. The molecule has 0 aromatic heterocycles. The van der Waals surface area contributed by atoms with E-state index in [0.717, 1.165) is 43.6 Å². The topological polar surface area (TPSA) is 126 Å². The Bertz CT molecular complexity index is 1860. The summed E-state index contributed by atoms with van der Waals surface area (Å²) in [5, 5.41) is 37.1. The molecule has 0 radical (unpaired) electrons. The van der Waals surface area contributed by atoms with Crippen molar-refractivity contribution in [2.45, 2.75) is 79.3 Å². The molecule has 7 atom stereocenters. The highest BCUT2D eigenvalue weighted by Gasteiger charge is 2.81. The van der Waals surface area contributed by atoms with Gasteiger partial charge in [-0.15, -0.1) is 0 Å². The number of hydrogen-bond donors (Lipinski definition) is 3. The normalized spacial score (nSPS) is 40.9. The van der Waals surface area contributed by atoms with Crippen LogP contribution in [0.15, 0.2) is 36.4 Å². The molecule has 0 saturated carbocycles. The third kappa shape index (κ3) is 2.62. The largest absolute Gasteiger partial charge is 0.506 e. The predicted molar refractivity (Wildman–Crippen MR) is 171 cm³/mol. The molecule has 2 aromatic rings. The molecule has 7 heterocycles. The third-order valence-corrected chi connectivity index (χ3v) is 13.9. The number of piperidine rings is 3. The average Bonchev–Trinajstić information content (AvgIpc) is 3.70. The number of nitrogens with zero attached hydrogens (tertiary/aromatic N) is 4. The van der Waals surface area contributed by atoms with Crippen LogP contribution >= 0.6 is 0 Å². The fraction of sp³-hybridized carbons (Fsp3) is 0.556. The van der Waals surface area contributed by atoms with Crippen molar-refractivity contribution in [3.8, 4) is 17.2 Å². The first kappa shape index (κ1) is 28.2. The number of methoxy groups -OCH3 is 1. The van der Waals surface area contributed by atoms with E-state index < -0.39 is 33.7 Å². The van der Waals surface area contributed by atoms with Crippen LogP contribution in [0.4, 0.5) is 11.4 Å². The van der Waals surface area contributed by atoms with Crippen LogP contribution in [0.3, 0.4) is 0 Å². The van der Waals surface area contributed by atoms with E-state index in [0.29, 0.717) is 48.4 Å². The molecule has 10 rings (SSSR count). The average molecular weight is 641 g/mol. The number of phenols is 2. The number of aliphatic hydroxyl groups is 1. The van der Waals surface area contributed by atoms with E-state index >= 15 is 0 Å². The molecule has 1 amide bonds. The minimum Gasteiger partial charge on any atom is -0.506 e. The summed E-state index contributed by atoms with van der Waals surface area (Å²) in [6.07, 6.45) is 8.43. The molecule has 3 N–H and O–H groups in total. The standard InChI is InChI=1S/C36H40N4O7/c1-37-16-13-33(20-6-4-7-23(41)28(20)40-26(42)9-8-25(37)35(33,40)45)22-18-21-29(31(46-3)30(22)44)38(2)24-10-12-32-11-5-15-39-17-14-34(21,24)36(32,39)47-27(43)19-32/h4,6-7,10,12,18,24-25,41,44-45H,5,8-9,11,13-17,19H2,1-3H3/t24-,25?,32-,33-,34-,35+,36+/m1/s1. The molecular weight excluding hydrogens is 600 g/mol. The minimum absolute atomic E-state index is 0.0834. The van der Waals surface area contributed by atoms with Crippen molar-refractivity contribution >= 4 is 23.3 Å². The minimum atomic E-state index is -1.80. The number of hydrogen-bond acceptors (Lipinski definition) is 10. The predicted octanol–water partition coefficient (Wildman–Crippen LogP) is 2.68. The fourth-order valence-electron chi connectivity index (χ4n) is 12.4. The molecule has 5 saturated heterocycles. The van der Waals surface area contributed by atoms with Crippen LogP contribution in [0.5, 0.6) is 17.2 Å². The Balaban J connectivity index is 1.31. The van der Waals surface area contributed by atoms with Gasteiger partial charge >= 0.3 is 5.97 Å². The number of anilines is 2. The summed E-state index contributed by atoms with van der Waals surface area (Å²) in [4.78, 5) is 35.3. The number of carbonyl (C=O) groups excluding carboxylic acids is 2. The number of amides is 1. The second kappa shape index (κ2) is 8.43. The van der Waals surface area contributed by atoms with Gasteiger partial charge in [-0.05, 0) is 69.0 Å². The van der Waals surface area contributed by atoms with Crippen molar-refractivity contribution in [2.75, 3.05) is 50.6 Å². The Morgan fingerprint density at radius 1 is 1.00 bits per heavy atom. The van der Waals surface area contributed by atoms with E-state index in [2.05, 4.69) is 26.9 Å². The molecule has 1 aliphatic carbocycles. The number of benzene rings is 2. The van der Waals surface area contributed by atoms with Gasteiger partial charge in [-0.1, -0.05) is 24.3 Å². The van der Waals surface area contributed by atoms with Gasteiger partial charge in [0, 0.05) is 32.1 Å². The lowest BCUT2D eigenvalue weighted by Gasteiger charge is -2.59. The Labute approximate surface area is 272 Å². The summed E-state index contributed by atoms with van der Waals surface area (Å²) in [6, 6.07) is 6.59. The van der Waals surface area contributed by atoms with Crippen LogP contribution in [0.2, 0.25) is 0 Å². The van der Waals surface area contributed by atoms with Crippen LogP contribution in [0.1, 0.15) is 61.6 Å². The molecule has 0 bridgehead atoms. The summed E-state index contributed by atoms with van der Waals surface area (Å²) < 4.78 is 12.8. The highest BCUT2D eigenvalue weighted by Crippen LogP contribution is 2.74. The van der Waals surface area contributed by atoms with Gasteiger partial charge in [0.05, 0.1) is 53.2 Å². The molecule has 2 spiro atoms. The zero-order chi connectivity index (χ0) is 32.5. The molecule has 11 nitrogen and oxygen atoms in total. The Morgan fingerprint density at radius 2 is 1.83 bits per heavy atom. The van der Waals surface area contributed by atoms with Gasteiger partial charge in [-0.3, -0.25) is 24.3 Å². The number of phenolic OH excluding ortho intramolecular Hbond substituents is 2. The maximum absolute atomic E-state index is 13.8. The summed E-state index contributed by atoms with van der Waals surface area (Å²) in [6.45, 7) is 2.19. The number of para-hydroxylation sites is 1. The summed E-state index contributed by atoms with van der Waals surface area (Å²) in [7, 11) is 5.53. The highest BCUT2D eigenvalue weighted by molar-refractivity contribution is 6.02. The second-order valence-corrected chi connectivity index (χ2v) is 15.2. The Hall–Kier alpha value is -3.80. The van der Waals surface area contributed by atoms with Gasteiger partial charge in [0.2, 0.25) is 5.91 Å². The van der Waals surface area contributed by atoms with Crippen molar-refractivity contribution in [2.24, 2.45) is 5.41 Å². The van der Waals surface area contributed by atoms with E-state index in [1.165, 1.54) is 4.90 Å². The van der Waals surface area contributed by atoms with Crippen molar-refractivity contribution in [1.82, 2.24) is 9.80 Å². The SMILES string of the molecule is COc1c(O)c([C@@]23CCN(C)C4CCC(=O)N(c5c(O)cccc52)[C@]43O)cc2c1N(C)[C@@H]1C=C[C@@]34CCCN5CC[C@@]21[C@]53OC(=O)C4. The number of ether oxygens (including phenoxy) is 2. The lowest BCUT2D eigenvalue weighted by molar-refractivity contribution is -0.207. The number of likely N-dealkylation sites (N-methyl/N-ethyl adjacent to an activating group) is 2. The molecule has 2 aromatic carbocycles. The number of aromatic hydroxyl groups is 2. The first-order chi connectivity index (χ1) is 22.5.